The van der Waals surface area contributed by atoms with Crippen LogP contribution in [0.5, 0.6) is 0 Å². The number of esters is 1. The van der Waals surface area contributed by atoms with E-state index >= 15 is 0 Å². The standard InChI is InChI=1S/C15H30O3Si/c1-6-12-19(5,18-7-2)13-10-8-9-11-17-15(16)14(3)4/h3,6-13H2,1-2,4-5H3. The molecule has 0 amide bonds. The number of hydrogen-bond acceptors (Lipinski definition) is 3. The Labute approximate surface area is 119 Å². The molecular weight excluding hydrogens is 256 g/mol. The van der Waals surface area contributed by atoms with E-state index in [1.807, 2.05) is 0 Å². The predicted molar refractivity (Wildman–Crippen MR) is 82.8 cm³/mol. The fourth-order valence-corrected chi connectivity index (χ4v) is 5.50. The van der Waals surface area contributed by atoms with Gasteiger partial charge in [0.15, 0.2) is 8.32 Å². The van der Waals surface area contributed by atoms with Gasteiger partial charge in [0.05, 0.1) is 6.61 Å². The lowest BCUT2D eigenvalue weighted by Gasteiger charge is -2.26. The molecule has 0 rings (SSSR count). The first-order valence-corrected chi connectivity index (χ1v) is 10.2. The van der Waals surface area contributed by atoms with Crippen molar-refractivity contribution in [3.63, 3.8) is 0 Å². The third kappa shape index (κ3) is 9.00. The molecule has 0 spiro atoms. The van der Waals surface area contributed by atoms with Crippen molar-refractivity contribution in [3.05, 3.63) is 12.2 Å². The average Bonchev–Trinajstić information content (AvgIpc) is 2.33. The molecule has 0 aromatic rings. The van der Waals surface area contributed by atoms with Crippen LogP contribution in [-0.2, 0) is 14.0 Å². The van der Waals surface area contributed by atoms with E-state index in [1.165, 1.54) is 24.9 Å². The van der Waals surface area contributed by atoms with E-state index < -0.39 is 8.32 Å². The Balaban J connectivity index is 3.71. The van der Waals surface area contributed by atoms with Crippen molar-refractivity contribution >= 4 is 14.3 Å². The summed E-state index contributed by atoms with van der Waals surface area (Å²) in [4.78, 5) is 11.2. The number of carbonyl (C=O) groups is 1. The molecule has 0 fully saturated rings. The Kier molecular flexibility index (Phi) is 9.88. The van der Waals surface area contributed by atoms with E-state index in [1.54, 1.807) is 6.92 Å². The fraction of sp³-hybridized carbons (Fsp3) is 0.800. The van der Waals surface area contributed by atoms with Crippen LogP contribution >= 0.6 is 0 Å². The fourth-order valence-electron chi connectivity index (χ4n) is 2.21. The maximum absolute atomic E-state index is 11.2. The minimum absolute atomic E-state index is 0.278. The van der Waals surface area contributed by atoms with Crippen LogP contribution in [0.4, 0.5) is 0 Å². The molecule has 1 atom stereocenters. The molecular formula is C15H30O3Si. The number of unbranched alkanes of at least 4 members (excludes halogenated alkanes) is 2. The highest BCUT2D eigenvalue weighted by Gasteiger charge is 2.26. The van der Waals surface area contributed by atoms with Gasteiger partial charge in [0.2, 0.25) is 0 Å². The van der Waals surface area contributed by atoms with Crippen molar-refractivity contribution in [2.24, 2.45) is 0 Å². The Hall–Kier alpha value is -0.613. The van der Waals surface area contributed by atoms with Crippen LogP contribution in [0.25, 0.3) is 0 Å². The molecule has 0 aromatic heterocycles. The summed E-state index contributed by atoms with van der Waals surface area (Å²) < 4.78 is 11.1. The molecule has 112 valence electrons. The Morgan fingerprint density at radius 1 is 1.16 bits per heavy atom. The van der Waals surface area contributed by atoms with Gasteiger partial charge in [0.25, 0.3) is 0 Å². The minimum Gasteiger partial charge on any atom is -0.462 e. The number of carbonyl (C=O) groups excluding carboxylic acids is 1. The third-order valence-electron chi connectivity index (χ3n) is 3.20. The molecule has 1 unspecified atom stereocenters. The number of rotatable bonds is 11. The van der Waals surface area contributed by atoms with Crippen LogP contribution in [0.2, 0.25) is 18.6 Å². The summed E-state index contributed by atoms with van der Waals surface area (Å²) in [5, 5.41) is 0. The van der Waals surface area contributed by atoms with E-state index in [2.05, 4.69) is 27.0 Å². The van der Waals surface area contributed by atoms with Crippen molar-refractivity contribution in [2.75, 3.05) is 13.2 Å². The normalized spacial score (nSPS) is 13.9. The summed E-state index contributed by atoms with van der Waals surface area (Å²) in [7, 11) is -1.47. The van der Waals surface area contributed by atoms with E-state index in [0.717, 1.165) is 19.4 Å². The molecule has 19 heavy (non-hydrogen) atoms. The van der Waals surface area contributed by atoms with Gasteiger partial charge in [-0.1, -0.05) is 32.8 Å². The Morgan fingerprint density at radius 3 is 2.37 bits per heavy atom. The summed E-state index contributed by atoms with van der Waals surface area (Å²) in [6, 6.07) is 2.45. The van der Waals surface area contributed by atoms with Gasteiger partial charge in [0, 0.05) is 12.2 Å². The first-order valence-electron chi connectivity index (χ1n) is 7.41. The SMILES string of the molecule is C=C(C)C(=O)OCCCCC[Si](C)(CCC)OCC. The van der Waals surface area contributed by atoms with Crippen LogP contribution in [0.1, 0.15) is 46.5 Å². The quantitative estimate of drug-likeness (QED) is 0.246. The van der Waals surface area contributed by atoms with Crippen molar-refractivity contribution < 1.29 is 14.0 Å². The highest BCUT2D eigenvalue weighted by atomic mass is 28.4. The number of ether oxygens (including phenoxy) is 1. The zero-order valence-corrected chi connectivity index (χ0v) is 14.1. The summed E-state index contributed by atoms with van der Waals surface area (Å²) >= 11 is 0. The van der Waals surface area contributed by atoms with Crippen LogP contribution in [0.15, 0.2) is 12.2 Å². The average molecular weight is 286 g/mol. The molecule has 3 nitrogen and oxygen atoms in total. The highest BCUT2D eigenvalue weighted by molar-refractivity contribution is 6.72. The van der Waals surface area contributed by atoms with E-state index in [-0.39, 0.29) is 5.97 Å². The van der Waals surface area contributed by atoms with E-state index in [9.17, 15) is 4.79 Å². The van der Waals surface area contributed by atoms with Crippen LogP contribution < -0.4 is 0 Å². The maximum Gasteiger partial charge on any atom is 0.333 e. The largest absolute Gasteiger partial charge is 0.462 e. The van der Waals surface area contributed by atoms with Crippen molar-refractivity contribution in [3.8, 4) is 0 Å². The van der Waals surface area contributed by atoms with Gasteiger partial charge in [-0.15, -0.1) is 0 Å². The van der Waals surface area contributed by atoms with Crippen molar-refractivity contribution in [2.45, 2.75) is 65.1 Å². The summed E-state index contributed by atoms with van der Waals surface area (Å²) in [6.07, 6.45) is 4.41. The molecule has 0 saturated carbocycles. The van der Waals surface area contributed by atoms with Gasteiger partial charge in [-0.2, -0.15) is 0 Å². The summed E-state index contributed by atoms with van der Waals surface area (Å²) in [6.45, 7) is 13.2. The molecule has 4 heteroatoms. The van der Waals surface area contributed by atoms with Crippen molar-refractivity contribution in [1.29, 1.82) is 0 Å². The zero-order chi connectivity index (χ0) is 14.7. The van der Waals surface area contributed by atoms with Crippen LogP contribution in [0.3, 0.4) is 0 Å². The second kappa shape index (κ2) is 10.2. The molecule has 0 aliphatic carbocycles. The molecule has 0 bridgehead atoms. The van der Waals surface area contributed by atoms with E-state index in [4.69, 9.17) is 9.16 Å². The molecule has 0 saturated heterocycles. The van der Waals surface area contributed by atoms with Crippen LogP contribution in [-0.4, -0.2) is 27.5 Å². The molecule has 0 aliphatic rings. The summed E-state index contributed by atoms with van der Waals surface area (Å²) in [5.74, 6) is -0.278. The lowest BCUT2D eigenvalue weighted by molar-refractivity contribution is -0.139. The Bertz CT molecular complexity index is 271. The second-order valence-electron chi connectivity index (χ2n) is 5.36. The highest BCUT2D eigenvalue weighted by Crippen LogP contribution is 2.22. The van der Waals surface area contributed by atoms with Gasteiger partial charge in [-0.05, 0) is 38.9 Å². The second-order valence-corrected chi connectivity index (χ2v) is 9.55. The predicted octanol–water partition coefficient (Wildman–Crippen LogP) is 4.30. The lowest BCUT2D eigenvalue weighted by atomic mass is 10.3. The first kappa shape index (κ1) is 18.4. The lowest BCUT2D eigenvalue weighted by Crippen LogP contribution is -2.34. The smallest absolute Gasteiger partial charge is 0.333 e. The topological polar surface area (TPSA) is 35.5 Å². The molecule has 0 aromatic carbocycles. The van der Waals surface area contributed by atoms with Gasteiger partial charge in [0.1, 0.15) is 0 Å². The number of hydrogen-bond donors (Lipinski definition) is 0. The maximum atomic E-state index is 11.2. The Morgan fingerprint density at radius 2 is 1.84 bits per heavy atom. The zero-order valence-electron chi connectivity index (χ0n) is 13.1. The summed E-state index contributed by atoms with van der Waals surface area (Å²) in [5.41, 5.74) is 0.472. The van der Waals surface area contributed by atoms with E-state index in [0.29, 0.717) is 12.2 Å². The van der Waals surface area contributed by atoms with Gasteiger partial charge in [-0.25, -0.2) is 4.79 Å². The van der Waals surface area contributed by atoms with Gasteiger partial charge < -0.3 is 9.16 Å². The molecule has 0 heterocycles. The monoisotopic (exact) mass is 286 g/mol. The van der Waals surface area contributed by atoms with Gasteiger partial charge >= 0.3 is 5.97 Å². The van der Waals surface area contributed by atoms with Crippen molar-refractivity contribution in [1.82, 2.24) is 0 Å². The molecule has 0 aliphatic heterocycles. The first-order chi connectivity index (χ1) is 8.95. The third-order valence-corrected chi connectivity index (χ3v) is 7.16. The molecule has 0 radical (unpaired) electrons. The van der Waals surface area contributed by atoms with Crippen LogP contribution in [0, 0.1) is 0 Å². The minimum atomic E-state index is -1.47. The van der Waals surface area contributed by atoms with Gasteiger partial charge in [-0.3, -0.25) is 0 Å². The molecule has 0 N–H and O–H groups in total.